The lowest BCUT2D eigenvalue weighted by atomic mass is 10.0. The molecule has 0 aliphatic rings. The maximum absolute atomic E-state index is 3.47. The summed E-state index contributed by atoms with van der Waals surface area (Å²) in [4.78, 5) is 0. The van der Waals surface area contributed by atoms with E-state index >= 15 is 0 Å². The summed E-state index contributed by atoms with van der Waals surface area (Å²) >= 11 is 3.47. The third kappa shape index (κ3) is 5.69. The van der Waals surface area contributed by atoms with Crippen LogP contribution in [-0.4, -0.2) is 5.33 Å². The summed E-state index contributed by atoms with van der Waals surface area (Å²) in [7, 11) is 0. The minimum absolute atomic E-state index is 1.14. The molecule has 0 N–H and O–H groups in total. The number of alkyl halides is 1. The molecule has 0 aliphatic carbocycles. The van der Waals surface area contributed by atoms with E-state index in [1.165, 1.54) is 56.1 Å². The summed E-state index contributed by atoms with van der Waals surface area (Å²) in [5.41, 5.74) is 2.99. The lowest BCUT2D eigenvalue weighted by molar-refractivity contribution is 0.724. The van der Waals surface area contributed by atoms with Gasteiger partial charge in [-0.15, -0.1) is 0 Å². The second kappa shape index (κ2) is 8.81. The first-order chi connectivity index (χ1) is 7.86. The fourth-order valence-corrected chi connectivity index (χ4v) is 2.25. The maximum Gasteiger partial charge on any atom is 0.00313 e. The van der Waals surface area contributed by atoms with Gasteiger partial charge in [0.25, 0.3) is 0 Å². The van der Waals surface area contributed by atoms with E-state index in [1.54, 1.807) is 0 Å². The molecule has 0 bridgehead atoms. The monoisotopic (exact) mass is 282 g/mol. The predicted molar refractivity (Wildman–Crippen MR) is 76.4 cm³/mol. The minimum atomic E-state index is 1.14. The van der Waals surface area contributed by atoms with Crippen molar-refractivity contribution in [2.24, 2.45) is 0 Å². The van der Waals surface area contributed by atoms with Gasteiger partial charge >= 0.3 is 0 Å². The fourth-order valence-electron chi connectivity index (χ4n) is 1.85. The highest BCUT2D eigenvalue weighted by Crippen LogP contribution is 2.11. The van der Waals surface area contributed by atoms with Crippen molar-refractivity contribution in [2.45, 2.75) is 51.9 Å². The lowest BCUT2D eigenvalue weighted by Crippen LogP contribution is -1.89. The highest BCUT2D eigenvalue weighted by molar-refractivity contribution is 9.09. The van der Waals surface area contributed by atoms with Gasteiger partial charge in [0.15, 0.2) is 0 Å². The smallest absolute Gasteiger partial charge is 0.00313 e. The summed E-state index contributed by atoms with van der Waals surface area (Å²) in [5, 5.41) is 1.14. The Labute approximate surface area is 109 Å². The molecule has 0 heterocycles. The van der Waals surface area contributed by atoms with Crippen LogP contribution in [0.25, 0.3) is 0 Å². The van der Waals surface area contributed by atoms with Gasteiger partial charge in [-0.2, -0.15) is 0 Å². The zero-order valence-electron chi connectivity index (χ0n) is 10.3. The van der Waals surface area contributed by atoms with Crippen LogP contribution < -0.4 is 0 Å². The first kappa shape index (κ1) is 13.8. The van der Waals surface area contributed by atoms with Crippen LogP contribution in [0.1, 0.15) is 50.2 Å². The van der Waals surface area contributed by atoms with Gasteiger partial charge in [-0.05, 0) is 43.2 Å². The molecule has 1 heteroatoms. The van der Waals surface area contributed by atoms with Gasteiger partial charge in [0.2, 0.25) is 0 Å². The van der Waals surface area contributed by atoms with Gasteiger partial charge in [0.05, 0.1) is 0 Å². The molecule has 0 fully saturated rings. The van der Waals surface area contributed by atoms with E-state index in [2.05, 4.69) is 47.1 Å². The van der Waals surface area contributed by atoms with Gasteiger partial charge in [-0.3, -0.25) is 0 Å². The Balaban J connectivity index is 2.27. The van der Waals surface area contributed by atoms with Gasteiger partial charge < -0.3 is 0 Å². The first-order valence-electron chi connectivity index (χ1n) is 6.50. The molecule has 90 valence electrons. The molecule has 0 saturated heterocycles. The van der Waals surface area contributed by atoms with Crippen molar-refractivity contribution in [1.29, 1.82) is 0 Å². The number of halogens is 1. The van der Waals surface area contributed by atoms with Crippen molar-refractivity contribution >= 4 is 15.9 Å². The van der Waals surface area contributed by atoms with Crippen LogP contribution in [0.5, 0.6) is 0 Å². The second-order valence-electron chi connectivity index (χ2n) is 4.42. The van der Waals surface area contributed by atoms with Crippen LogP contribution in [0.15, 0.2) is 24.3 Å². The zero-order valence-corrected chi connectivity index (χ0v) is 11.9. The molecule has 0 nitrogen and oxygen atoms in total. The molecular weight excluding hydrogens is 260 g/mol. The molecule has 0 atom stereocenters. The van der Waals surface area contributed by atoms with Crippen LogP contribution in [0.4, 0.5) is 0 Å². The first-order valence-corrected chi connectivity index (χ1v) is 7.62. The van der Waals surface area contributed by atoms with Gasteiger partial charge in [-0.25, -0.2) is 0 Å². The topological polar surface area (TPSA) is 0 Å². The van der Waals surface area contributed by atoms with Gasteiger partial charge in [0.1, 0.15) is 0 Å². The largest absolute Gasteiger partial charge is 0.0928 e. The van der Waals surface area contributed by atoms with Crippen molar-refractivity contribution in [3.05, 3.63) is 35.4 Å². The fraction of sp³-hybridized carbons (Fsp3) is 0.600. The molecule has 0 amide bonds. The highest BCUT2D eigenvalue weighted by atomic mass is 79.9. The Morgan fingerprint density at radius 3 is 1.88 bits per heavy atom. The van der Waals surface area contributed by atoms with Crippen molar-refractivity contribution in [3.63, 3.8) is 0 Å². The summed E-state index contributed by atoms with van der Waals surface area (Å²) in [6.07, 6.45) is 9.03. The van der Waals surface area contributed by atoms with E-state index in [4.69, 9.17) is 0 Å². The van der Waals surface area contributed by atoms with E-state index < -0.39 is 0 Å². The third-order valence-electron chi connectivity index (χ3n) is 2.94. The molecule has 0 spiro atoms. The molecule has 1 aromatic carbocycles. The minimum Gasteiger partial charge on any atom is -0.0928 e. The molecule has 0 saturated carbocycles. The van der Waals surface area contributed by atoms with Crippen LogP contribution in [-0.2, 0) is 12.8 Å². The Bertz CT molecular complexity index is 263. The lowest BCUT2D eigenvalue weighted by Gasteiger charge is -2.03. The van der Waals surface area contributed by atoms with E-state index in [1.807, 2.05) is 0 Å². The van der Waals surface area contributed by atoms with Crippen molar-refractivity contribution in [3.8, 4) is 0 Å². The molecule has 1 aromatic rings. The number of hydrogen-bond donors (Lipinski definition) is 0. The standard InChI is InChI=1S/C15H23Br/c1-2-3-7-14-9-11-15(12-10-14)8-5-4-6-13-16/h9-12H,2-8,13H2,1H3. The summed E-state index contributed by atoms with van der Waals surface area (Å²) < 4.78 is 0. The highest BCUT2D eigenvalue weighted by Gasteiger charge is 1.95. The second-order valence-corrected chi connectivity index (χ2v) is 5.21. The molecule has 0 unspecified atom stereocenters. The van der Waals surface area contributed by atoms with Crippen molar-refractivity contribution in [1.82, 2.24) is 0 Å². The van der Waals surface area contributed by atoms with Crippen molar-refractivity contribution < 1.29 is 0 Å². The van der Waals surface area contributed by atoms with Crippen LogP contribution in [0.3, 0.4) is 0 Å². The molecule has 0 radical (unpaired) electrons. The summed E-state index contributed by atoms with van der Waals surface area (Å²) in [5.74, 6) is 0. The van der Waals surface area contributed by atoms with Crippen LogP contribution in [0, 0.1) is 0 Å². The Morgan fingerprint density at radius 2 is 1.38 bits per heavy atom. The average molecular weight is 283 g/mol. The SMILES string of the molecule is CCCCc1ccc(CCCCCBr)cc1. The zero-order chi connectivity index (χ0) is 11.6. The third-order valence-corrected chi connectivity index (χ3v) is 3.50. The van der Waals surface area contributed by atoms with E-state index in [9.17, 15) is 0 Å². The number of unbranched alkanes of at least 4 members (excludes halogenated alkanes) is 3. The number of aryl methyl sites for hydroxylation is 2. The molecular formula is C15H23Br. The average Bonchev–Trinajstić information content (AvgIpc) is 2.33. The molecule has 16 heavy (non-hydrogen) atoms. The number of benzene rings is 1. The Morgan fingerprint density at radius 1 is 0.812 bits per heavy atom. The van der Waals surface area contributed by atoms with Crippen molar-refractivity contribution in [2.75, 3.05) is 5.33 Å². The number of hydrogen-bond acceptors (Lipinski definition) is 0. The van der Waals surface area contributed by atoms with Crippen LogP contribution in [0.2, 0.25) is 0 Å². The summed E-state index contributed by atoms with van der Waals surface area (Å²) in [6, 6.07) is 9.21. The van der Waals surface area contributed by atoms with Crippen LogP contribution >= 0.6 is 15.9 Å². The van der Waals surface area contributed by atoms with E-state index in [0.29, 0.717) is 0 Å². The quantitative estimate of drug-likeness (QED) is 0.458. The predicted octanol–water partition coefficient (Wildman–Crippen LogP) is 5.14. The van der Waals surface area contributed by atoms with E-state index in [-0.39, 0.29) is 0 Å². The van der Waals surface area contributed by atoms with Gasteiger partial charge in [-0.1, -0.05) is 60.0 Å². The van der Waals surface area contributed by atoms with E-state index in [0.717, 1.165) is 5.33 Å². The molecule has 0 aromatic heterocycles. The molecule has 0 aliphatic heterocycles. The Hall–Kier alpha value is -0.300. The Kier molecular flexibility index (Phi) is 7.58. The molecule has 1 rings (SSSR count). The maximum atomic E-state index is 3.47. The number of rotatable bonds is 8. The van der Waals surface area contributed by atoms with Gasteiger partial charge in [0, 0.05) is 5.33 Å². The normalized spacial score (nSPS) is 10.6. The summed E-state index contributed by atoms with van der Waals surface area (Å²) in [6.45, 7) is 2.25.